The Balaban J connectivity index is 1.76. The largest absolute Gasteiger partial charge is 0.355 e. The Labute approximate surface area is 148 Å². The minimum absolute atomic E-state index is 0.527. The van der Waals surface area contributed by atoms with Gasteiger partial charge < -0.3 is 16.0 Å². The Bertz CT molecular complexity index is 323. The molecule has 0 aromatic heterocycles. The van der Waals surface area contributed by atoms with Crippen molar-refractivity contribution in [3.8, 4) is 0 Å². The third-order valence-corrected chi connectivity index (χ3v) is 5.25. The highest BCUT2D eigenvalue weighted by Crippen LogP contribution is 2.21. The van der Waals surface area contributed by atoms with E-state index >= 15 is 0 Å². The van der Waals surface area contributed by atoms with Crippen LogP contribution in [0.2, 0.25) is 0 Å². The summed E-state index contributed by atoms with van der Waals surface area (Å²) < 4.78 is 0. The van der Waals surface area contributed by atoms with E-state index in [2.05, 4.69) is 28.6 Å². The van der Waals surface area contributed by atoms with Crippen molar-refractivity contribution in [3.05, 3.63) is 0 Å². The molecule has 4 nitrogen and oxygen atoms in total. The van der Waals surface area contributed by atoms with Gasteiger partial charge in [0.2, 0.25) is 0 Å². The second kappa shape index (κ2) is 12.0. The summed E-state index contributed by atoms with van der Waals surface area (Å²) in [5.74, 6) is 2.01. The number of nitrogens with one attached hydrogen (secondary N) is 3. The molecule has 0 bridgehead atoms. The fourth-order valence-corrected chi connectivity index (χ4v) is 3.72. The summed E-state index contributed by atoms with van der Waals surface area (Å²) >= 11 is 4.24. The number of hydrogen-bond acceptors (Lipinski definition) is 3. The smallest absolute Gasteiger partial charge is 0.191 e. The summed E-state index contributed by atoms with van der Waals surface area (Å²) in [6, 6.07) is 1.15. The van der Waals surface area contributed by atoms with Gasteiger partial charge in [-0.25, -0.2) is 4.99 Å². The fraction of sp³-hybridized carbons (Fsp3) is 0.944. The molecule has 0 aliphatic heterocycles. The predicted octanol–water partition coefficient (Wildman–Crippen LogP) is 3.10. The fourth-order valence-electron chi connectivity index (χ4n) is 3.57. The van der Waals surface area contributed by atoms with Crippen LogP contribution >= 0.6 is 12.6 Å². The van der Waals surface area contributed by atoms with Crippen LogP contribution in [-0.2, 0) is 0 Å². The van der Waals surface area contributed by atoms with Gasteiger partial charge >= 0.3 is 0 Å². The number of guanidine groups is 1. The zero-order chi connectivity index (χ0) is 16.2. The highest BCUT2D eigenvalue weighted by molar-refractivity contribution is 7.80. The molecule has 2 rings (SSSR count). The van der Waals surface area contributed by atoms with Crippen LogP contribution in [0.1, 0.15) is 70.6 Å². The number of thiol groups is 1. The first kappa shape index (κ1) is 18.9. The zero-order valence-electron chi connectivity index (χ0n) is 14.7. The van der Waals surface area contributed by atoms with Crippen molar-refractivity contribution in [1.29, 1.82) is 0 Å². The highest BCUT2D eigenvalue weighted by Gasteiger charge is 2.17. The molecule has 2 aliphatic carbocycles. The summed E-state index contributed by atoms with van der Waals surface area (Å²) in [7, 11) is 0. The monoisotopic (exact) mass is 340 g/mol. The molecule has 0 atom stereocenters. The Morgan fingerprint density at radius 1 is 0.870 bits per heavy atom. The molecule has 0 saturated heterocycles. The molecular formula is C18H36N4S. The number of rotatable bonds is 8. The van der Waals surface area contributed by atoms with E-state index in [0.717, 1.165) is 37.8 Å². The van der Waals surface area contributed by atoms with Gasteiger partial charge in [0, 0.05) is 19.1 Å². The molecule has 5 heteroatoms. The highest BCUT2D eigenvalue weighted by atomic mass is 32.1. The molecule has 0 radical (unpaired) electrons. The normalized spacial score (nSPS) is 21.3. The van der Waals surface area contributed by atoms with Gasteiger partial charge in [0.05, 0.1) is 6.04 Å². The van der Waals surface area contributed by atoms with Crippen molar-refractivity contribution in [1.82, 2.24) is 16.0 Å². The van der Waals surface area contributed by atoms with Gasteiger partial charge in [-0.1, -0.05) is 38.5 Å². The van der Waals surface area contributed by atoms with E-state index in [1.54, 1.807) is 0 Å². The summed E-state index contributed by atoms with van der Waals surface area (Å²) in [5, 5.41) is 10.7. The summed E-state index contributed by atoms with van der Waals surface area (Å²) in [6.45, 7) is 2.98. The van der Waals surface area contributed by atoms with Crippen LogP contribution in [0.3, 0.4) is 0 Å². The minimum Gasteiger partial charge on any atom is -0.355 e. The van der Waals surface area contributed by atoms with Crippen molar-refractivity contribution < 1.29 is 0 Å². The molecule has 0 heterocycles. The standard InChI is InChI=1S/C18H36N4S/c23-15-7-12-19-13-14-20-18(21-16-8-3-1-4-9-16)22-17-10-5-2-6-11-17/h16-17,19,23H,1-15H2,(H2,20,21,22). The van der Waals surface area contributed by atoms with Gasteiger partial charge in [0.15, 0.2) is 5.96 Å². The van der Waals surface area contributed by atoms with Gasteiger partial charge in [-0.2, -0.15) is 12.6 Å². The van der Waals surface area contributed by atoms with Crippen LogP contribution in [-0.4, -0.2) is 43.4 Å². The molecule has 134 valence electrons. The molecule has 0 amide bonds. The van der Waals surface area contributed by atoms with Gasteiger partial charge in [-0.15, -0.1) is 0 Å². The summed E-state index contributed by atoms with van der Waals surface area (Å²) in [4.78, 5) is 5.02. The molecular weight excluding hydrogens is 304 g/mol. The predicted molar refractivity (Wildman–Crippen MR) is 104 cm³/mol. The Morgan fingerprint density at radius 2 is 1.57 bits per heavy atom. The van der Waals surface area contributed by atoms with Gasteiger partial charge in [-0.05, 0) is 44.4 Å². The van der Waals surface area contributed by atoms with E-state index in [0.29, 0.717) is 12.1 Å². The molecule has 2 fully saturated rings. The number of nitrogens with zero attached hydrogens (tertiary/aromatic N) is 1. The lowest BCUT2D eigenvalue weighted by atomic mass is 9.95. The van der Waals surface area contributed by atoms with Crippen molar-refractivity contribution in [2.45, 2.75) is 82.7 Å². The van der Waals surface area contributed by atoms with E-state index in [1.165, 1.54) is 64.2 Å². The first-order valence-corrected chi connectivity index (χ1v) is 10.4. The summed E-state index contributed by atoms with van der Waals surface area (Å²) in [5.41, 5.74) is 0. The lowest BCUT2D eigenvalue weighted by Gasteiger charge is -2.27. The lowest BCUT2D eigenvalue weighted by molar-refractivity contribution is 0.404. The molecule has 23 heavy (non-hydrogen) atoms. The van der Waals surface area contributed by atoms with Crippen LogP contribution in [0.25, 0.3) is 0 Å². The average molecular weight is 341 g/mol. The third-order valence-electron chi connectivity index (χ3n) is 4.94. The Hall–Kier alpha value is -0.420. The lowest BCUT2D eigenvalue weighted by Crippen LogP contribution is -2.46. The van der Waals surface area contributed by atoms with E-state index in [1.807, 2.05) is 0 Å². The first-order chi connectivity index (χ1) is 11.4. The van der Waals surface area contributed by atoms with E-state index in [4.69, 9.17) is 4.99 Å². The van der Waals surface area contributed by atoms with Crippen LogP contribution in [0.5, 0.6) is 0 Å². The topological polar surface area (TPSA) is 48.5 Å². The van der Waals surface area contributed by atoms with Crippen LogP contribution < -0.4 is 16.0 Å². The van der Waals surface area contributed by atoms with Crippen molar-refractivity contribution in [2.75, 3.05) is 25.4 Å². The van der Waals surface area contributed by atoms with Gasteiger partial charge in [0.25, 0.3) is 0 Å². The minimum atomic E-state index is 0.527. The van der Waals surface area contributed by atoms with E-state index in [-0.39, 0.29) is 0 Å². The quantitative estimate of drug-likeness (QED) is 0.238. The van der Waals surface area contributed by atoms with E-state index < -0.39 is 0 Å². The maximum Gasteiger partial charge on any atom is 0.191 e. The second-order valence-electron chi connectivity index (χ2n) is 7.00. The zero-order valence-corrected chi connectivity index (χ0v) is 15.6. The number of hydrogen-bond donors (Lipinski definition) is 4. The molecule has 3 N–H and O–H groups in total. The van der Waals surface area contributed by atoms with Gasteiger partial charge in [0.1, 0.15) is 0 Å². The van der Waals surface area contributed by atoms with E-state index in [9.17, 15) is 0 Å². The molecule has 0 spiro atoms. The molecule has 0 aromatic rings. The maximum atomic E-state index is 5.02. The second-order valence-corrected chi connectivity index (χ2v) is 7.45. The molecule has 0 aromatic carbocycles. The van der Waals surface area contributed by atoms with Crippen molar-refractivity contribution >= 4 is 18.6 Å². The molecule has 2 saturated carbocycles. The molecule has 0 unspecified atom stereocenters. The number of aliphatic imine (C=N–C) groups is 1. The SMILES string of the molecule is SCCCNCCN/C(=N/C1CCCCC1)NC1CCCCC1. The average Bonchev–Trinajstić information content (AvgIpc) is 2.60. The van der Waals surface area contributed by atoms with Gasteiger partial charge in [-0.3, -0.25) is 0 Å². The molecule has 2 aliphatic rings. The van der Waals surface area contributed by atoms with Crippen molar-refractivity contribution in [2.24, 2.45) is 4.99 Å². The Morgan fingerprint density at radius 3 is 2.26 bits per heavy atom. The maximum absolute atomic E-state index is 5.02. The Kier molecular flexibility index (Phi) is 9.88. The first-order valence-electron chi connectivity index (χ1n) is 9.78. The summed E-state index contributed by atoms with van der Waals surface area (Å²) in [6.07, 6.45) is 14.4. The van der Waals surface area contributed by atoms with Crippen LogP contribution in [0.4, 0.5) is 0 Å². The van der Waals surface area contributed by atoms with Crippen molar-refractivity contribution in [3.63, 3.8) is 0 Å². The van der Waals surface area contributed by atoms with Crippen LogP contribution in [0, 0.1) is 0 Å². The third kappa shape index (κ3) is 8.30. The van der Waals surface area contributed by atoms with Crippen LogP contribution in [0.15, 0.2) is 4.99 Å².